The molecule has 0 aromatic carbocycles. The van der Waals surface area contributed by atoms with Gasteiger partial charge in [0.1, 0.15) is 0 Å². The molecule has 4 N–H and O–H groups in total. The number of carbonyl (C=O) groups excluding carboxylic acids is 2. The Bertz CT molecular complexity index is 280. The number of primary amides is 1. The van der Waals surface area contributed by atoms with E-state index in [-0.39, 0.29) is 36.8 Å². The summed E-state index contributed by atoms with van der Waals surface area (Å²) in [7, 11) is 0. The summed E-state index contributed by atoms with van der Waals surface area (Å²) >= 11 is 0. The van der Waals surface area contributed by atoms with Gasteiger partial charge in [-0.25, -0.2) is 0 Å². The number of rotatable bonds is 5. The highest BCUT2D eigenvalue weighted by molar-refractivity contribution is 5.85. The second kappa shape index (κ2) is 8.29. The van der Waals surface area contributed by atoms with Crippen LogP contribution in [0.3, 0.4) is 0 Å². The first-order chi connectivity index (χ1) is 8.04. The number of amides is 2. The molecule has 1 aliphatic heterocycles. The molecule has 0 bridgehead atoms. The first-order valence-electron chi connectivity index (χ1n) is 6.09. The Morgan fingerprint density at radius 2 is 1.78 bits per heavy atom. The normalized spacial score (nSPS) is 18.0. The Kier molecular flexibility index (Phi) is 7.90. The van der Waals surface area contributed by atoms with E-state index in [0.29, 0.717) is 26.2 Å². The molecule has 1 fully saturated rings. The number of nitrogens with two attached hydrogens (primary N) is 2. The zero-order valence-electron chi connectivity index (χ0n) is 10.8. The number of hydrogen-bond acceptors (Lipinski definition) is 4. The van der Waals surface area contributed by atoms with Gasteiger partial charge in [0.05, 0.1) is 12.6 Å². The summed E-state index contributed by atoms with van der Waals surface area (Å²) < 4.78 is 0. The number of carbonyl (C=O) groups is 2. The average Bonchev–Trinajstić information content (AvgIpc) is 2.28. The molecule has 0 aromatic heterocycles. The maximum absolute atomic E-state index is 11.9. The van der Waals surface area contributed by atoms with Gasteiger partial charge in [0, 0.05) is 26.2 Å². The van der Waals surface area contributed by atoms with Crippen LogP contribution in [0.1, 0.15) is 19.8 Å². The fourth-order valence-corrected chi connectivity index (χ4v) is 2.02. The maximum atomic E-state index is 11.9. The predicted octanol–water partition coefficient (Wildman–Crippen LogP) is -0.835. The standard InChI is InChI=1S/C11H22N4O2.ClH/c1-2-3-9(12)11(17)15-6-4-14(5-7-15)8-10(13)16;/h9H,2-8,12H2,1H3,(H2,13,16);1H. The summed E-state index contributed by atoms with van der Waals surface area (Å²) in [4.78, 5) is 26.4. The van der Waals surface area contributed by atoms with E-state index in [2.05, 4.69) is 0 Å². The van der Waals surface area contributed by atoms with E-state index < -0.39 is 0 Å². The van der Waals surface area contributed by atoms with Crippen molar-refractivity contribution in [2.45, 2.75) is 25.8 Å². The first-order valence-corrected chi connectivity index (χ1v) is 6.09. The summed E-state index contributed by atoms with van der Waals surface area (Å²) in [6, 6.07) is -0.386. The lowest BCUT2D eigenvalue weighted by atomic mass is 10.1. The molecule has 1 saturated heterocycles. The molecule has 0 saturated carbocycles. The third kappa shape index (κ3) is 5.20. The van der Waals surface area contributed by atoms with Gasteiger partial charge in [0.2, 0.25) is 11.8 Å². The molecular weight excluding hydrogens is 256 g/mol. The Hall–Kier alpha value is -0.850. The number of nitrogens with zero attached hydrogens (tertiary/aromatic N) is 2. The molecule has 2 amide bonds. The quantitative estimate of drug-likeness (QED) is 0.686. The van der Waals surface area contributed by atoms with Gasteiger partial charge in [0.15, 0.2) is 0 Å². The zero-order valence-corrected chi connectivity index (χ0v) is 11.6. The average molecular weight is 279 g/mol. The lowest BCUT2D eigenvalue weighted by molar-refractivity contribution is -0.134. The molecular formula is C11H23ClN4O2. The Labute approximate surface area is 114 Å². The van der Waals surface area contributed by atoms with Crippen LogP contribution in [-0.4, -0.2) is 60.4 Å². The SMILES string of the molecule is CCCC(N)C(=O)N1CCN(CC(N)=O)CC1.Cl. The fraction of sp³-hybridized carbons (Fsp3) is 0.818. The third-order valence-corrected chi connectivity index (χ3v) is 2.98. The van der Waals surface area contributed by atoms with Gasteiger partial charge in [-0.15, -0.1) is 12.4 Å². The van der Waals surface area contributed by atoms with Crippen LogP contribution in [0.4, 0.5) is 0 Å². The molecule has 0 spiro atoms. The van der Waals surface area contributed by atoms with Crippen molar-refractivity contribution in [3.8, 4) is 0 Å². The zero-order chi connectivity index (χ0) is 12.8. The molecule has 1 atom stereocenters. The summed E-state index contributed by atoms with van der Waals surface area (Å²) in [6.07, 6.45) is 1.63. The second-order valence-electron chi connectivity index (χ2n) is 4.46. The molecule has 0 radical (unpaired) electrons. The predicted molar refractivity (Wildman–Crippen MR) is 72.3 cm³/mol. The monoisotopic (exact) mass is 278 g/mol. The van der Waals surface area contributed by atoms with Crippen LogP contribution in [0, 0.1) is 0 Å². The lowest BCUT2D eigenvalue weighted by Gasteiger charge is -2.35. The van der Waals surface area contributed by atoms with Crippen LogP contribution >= 0.6 is 12.4 Å². The fourth-order valence-electron chi connectivity index (χ4n) is 2.02. The summed E-state index contributed by atoms with van der Waals surface area (Å²) in [5, 5.41) is 0. The largest absolute Gasteiger partial charge is 0.369 e. The second-order valence-corrected chi connectivity index (χ2v) is 4.46. The van der Waals surface area contributed by atoms with Crippen LogP contribution in [0.25, 0.3) is 0 Å². The maximum Gasteiger partial charge on any atom is 0.239 e. The van der Waals surface area contributed by atoms with Gasteiger partial charge in [-0.05, 0) is 6.42 Å². The van der Waals surface area contributed by atoms with E-state index in [1.807, 2.05) is 11.8 Å². The highest BCUT2D eigenvalue weighted by Crippen LogP contribution is 2.05. The lowest BCUT2D eigenvalue weighted by Crippen LogP contribution is -2.54. The van der Waals surface area contributed by atoms with E-state index >= 15 is 0 Å². The molecule has 7 heteroatoms. The van der Waals surface area contributed by atoms with Gasteiger partial charge in [-0.3, -0.25) is 14.5 Å². The molecule has 106 valence electrons. The van der Waals surface area contributed by atoms with E-state index in [1.54, 1.807) is 4.90 Å². The van der Waals surface area contributed by atoms with Gasteiger partial charge >= 0.3 is 0 Å². The van der Waals surface area contributed by atoms with E-state index in [0.717, 1.165) is 12.8 Å². The minimum Gasteiger partial charge on any atom is -0.369 e. The Balaban J connectivity index is 0.00000289. The smallest absolute Gasteiger partial charge is 0.239 e. The molecule has 1 rings (SSSR count). The highest BCUT2D eigenvalue weighted by Gasteiger charge is 2.24. The molecule has 0 aromatic rings. The van der Waals surface area contributed by atoms with Crippen molar-refractivity contribution in [3.63, 3.8) is 0 Å². The van der Waals surface area contributed by atoms with Crippen molar-refractivity contribution in [1.82, 2.24) is 9.80 Å². The first kappa shape index (κ1) is 17.2. The van der Waals surface area contributed by atoms with Gasteiger partial charge < -0.3 is 16.4 Å². The number of halogens is 1. The van der Waals surface area contributed by atoms with Crippen LogP contribution < -0.4 is 11.5 Å². The van der Waals surface area contributed by atoms with Crippen molar-refractivity contribution in [2.75, 3.05) is 32.7 Å². The molecule has 1 aliphatic rings. The topological polar surface area (TPSA) is 92.7 Å². The summed E-state index contributed by atoms with van der Waals surface area (Å²) in [6.45, 7) is 4.91. The molecule has 6 nitrogen and oxygen atoms in total. The molecule has 18 heavy (non-hydrogen) atoms. The number of hydrogen-bond donors (Lipinski definition) is 2. The minimum absolute atomic E-state index is 0. The molecule has 1 unspecified atom stereocenters. The Morgan fingerprint density at radius 1 is 1.22 bits per heavy atom. The summed E-state index contributed by atoms with van der Waals surface area (Å²) in [5.41, 5.74) is 10.9. The van der Waals surface area contributed by atoms with Crippen molar-refractivity contribution < 1.29 is 9.59 Å². The van der Waals surface area contributed by atoms with Gasteiger partial charge in [-0.2, -0.15) is 0 Å². The van der Waals surface area contributed by atoms with Crippen LogP contribution in [-0.2, 0) is 9.59 Å². The van der Waals surface area contributed by atoms with Crippen molar-refractivity contribution in [2.24, 2.45) is 11.5 Å². The van der Waals surface area contributed by atoms with Gasteiger partial charge in [-0.1, -0.05) is 13.3 Å². The number of piperazine rings is 1. The van der Waals surface area contributed by atoms with Crippen molar-refractivity contribution in [1.29, 1.82) is 0 Å². The summed E-state index contributed by atoms with van der Waals surface area (Å²) in [5.74, 6) is -0.307. The van der Waals surface area contributed by atoms with Crippen LogP contribution in [0.2, 0.25) is 0 Å². The van der Waals surface area contributed by atoms with Crippen molar-refractivity contribution >= 4 is 24.2 Å². The third-order valence-electron chi connectivity index (χ3n) is 2.98. The highest BCUT2D eigenvalue weighted by atomic mass is 35.5. The Morgan fingerprint density at radius 3 is 2.22 bits per heavy atom. The van der Waals surface area contributed by atoms with E-state index in [9.17, 15) is 9.59 Å². The van der Waals surface area contributed by atoms with E-state index in [1.165, 1.54) is 0 Å². The van der Waals surface area contributed by atoms with Crippen LogP contribution in [0.15, 0.2) is 0 Å². The van der Waals surface area contributed by atoms with Crippen molar-refractivity contribution in [3.05, 3.63) is 0 Å². The van der Waals surface area contributed by atoms with Gasteiger partial charge in [0.25, 0.3) is 0 Å². The minimum atomic E-state index is -0.386. The molecule has 0 aliphatic carbocycles. The molecule has 1 heterocycles. The van der Waals surface area contributed by atoms with Crippen LogP contribution in [0.5, 0.6) is 0 Å². The van der Waals surface area contributed by atoms with E-state index in [4.69, 9.17) is 11.5 Å².